The van der Waals surface area contributed by atoms with E-state index >= 15 is 0 Å². The minimum Gasteiger partial charge on any atom is -0.481 e. The molecule has 0 aliphatic heterocycles. The molecule has 0 fully saturated rings. The molecular formula is C21H26N2O3. The van der Waals surface area contributed by atoms with E-state index in [9.17, 15) is 9.59 Å². The lowest BCUT2D eigenvalue weighted by atomic mass is 10.0. The molecule has 0 saturated carbocycles. The van der Waals surface area contributed by atoms with Crippen LogP contribution in [0.3, 0.4) is 0 Å². The second-order valence-corrected chi connectivity index (χ2v) is 6.72. The third kappa shape index (κ3) is 4.85. The summed E-state index contributed by atoms with van der Waals surface area (Å²) in [5, 5.41) is 2.78. The first-order valence-electron chi connectivity index (χ1n) is 8.67. The van der Waals surface area contributed by atoms with Crippen molar-refractivity contribution in [1.82, 2.24) is 4.90 Å². The second-order valence-electron chi connectivity index (χ2n) is 6.72. The van der Waals surface area contributed by atoms with E-state index in [0.717, 1.165) is 0 Å². The largest absolute Gasteiger partial charge is 0.481 e. The Morgan fingerprint density at radius 2 is 1.58 bits per heavy atom. The van der Waals surface area contributed by atoms with Crippen LogP contribution in [-0.4, -0.2) is 36.9 Å². The molecule has 1 atom stereocenters. The molecular weight excluding hydrogens is 328 g/mol. The molecule has 1 unspecified atom stereocenters. The van der Waals surface area contributed by atoms with Crippen LogP contribution in [0, 0.1) is 0 Å². The molecule has 0 aliphatic rings. The van der Waals surface area contributed by atoms with Crippen molar-refractivity contribution in [2.75, 3.05) is 19.4 Å². The quantitative estimate of drug-likeness (QED) is 0.855. The lowest BCUT2D eigenvalue weighted by Gasteiger charge is -2.18. The highest BCUT2D eigenvalue weighted by atomic mass is 16.5. The first kappa shape index (κ1) is 19.5. The molecule has 138 valence electrons. The van der Waals surface area contributed by atoms with E-state index in [2.05, 4.69) is 19.2 Å². The van der Waals surface area contributed by atoms with Crippen LogP contribution in [0.15, 0.2) is 48.5 Å². The van der Waals surface area contributed by atoms with Crippen molar-refractivity contribution >= 4 is 17.5 Å². The SMILES string of the molecule is CC(Oc1ccc(C(C)C)cc1)C(=O)Nc1ccccc1C(=O)N(C)C. The highest BCUT2D eigenvalue weighted by Crippen LogP contribution is 2.21. The Morgan fingerprint density at radius 3 is 2.15 bits per heavy atom. The van der Waals surface area contributed by atoms with Gasteiger partial charge >= 0.3 is 0 Å². The van der Waals surface area contributed by atoms with Gasteiger partial charge in [0.1, 0.15) is 5.75 Å². The minimum absolute atomic E-state index is 0.168. The Balaban J connectivity index is 2.07. The molecule has 1 N–H and O–H groups in total. The van der Waals surface area contributed by atoms with E-state index in [-0.39, 0.29) is 11.8 Å². The molecule has 5 nitrogen and oxygen atoms in total. The zero-order chi connectivity index (χ0) is 19.3. The van der Waals surface area contributed by atoms with Gasteiger partial charge in [-0.1, -0.05) is 38.1 Å². The molecule has 2 rings (SSSR count). The van der Waals surface area contributed by atoms with Gasteiger partial charge in [-0.25, -0.2) is 0 Å². The first-order chi connectivity index (χ1) is 12.3. The molecule has 26 heavy (non-hydrogen) atoms. The fraction of sp³-hybridized carbons (Fsp3) is 0.333. The maximum Gasteiger partial charge on any atom is 0.265 e. The van der Waals surface area contributed by atoms with E-state index in [1.165, 1.54) is 10.5 Å². The molecule has 2 aromatic rings. The molecule has 0 bridgehead atoms. The molecule has 2 amide bonds. The van der Waals surface area contributed by atoms with Crippen LogP contribution in [0.25, 0.3) is 0 Å². The number of ether oxygens (including phenoxy) is 1. The number of para-hydroxylation sites is 1. The van der Waals surface area contributed by atoms with Gasteiger partial charge in [-0.15, -0.1) is 0 Å². The first-order valence-corrected chi connectivity index (χ1v) is 8.67. The van der Waals surface area contributed by atoms with Crippen molar-refractivity contribution in [2.24, 2.45) is 0 Å². The summed E-state index contributed by atoms with van der Waals surface area (Å²) in [4.78, 5) is 26.2. The van der Waals surface area contributed by atoms with E-state index in [0.29, 0.717) is 22.9 Å². The Bertz CT molecular complexity index is 767. The van der Waals surface area contributed by atoms with Crippen LogP contribution >= 0.6 is 0 Å². The lowest BCUT2D eigenvalue weighted by molar-refractivity contribution is -0.122. The summed E-state index contributed by atoms with van der Waals surface area (Å²) in [6.45, 7) is 5.93. The number of amides is 2. The van der Waals surface area contributed by atoms with Gasteiger partial charge in [0.2, 0.25) is 0 Å². The van der Waals surface area contributed by atoms with Crippen molar-refractivity contribution < 1.29 is 14.3 Å². The number of carbonyl (C=O) groups is 2. The second kappa shape index (κ2) is 8.52. The summed E-state index contributed by atoms with van der Waals surface area (Å²) in [5.74, 6) is 0.598. The molecule has 0 radical (unpaired) electrons. The van der Waals surface area contributed by atoms with Crippen molar-refractivity contribution in [3.63, 3.8) is 0 Å². The lowest BCUT2D eigenvalue weighted by Crippen LogP contribution is -2.31. The molecule has 0 spiro atoms. The van der Waals surface area contributed by atoms with Crippen LogP contribution in [0.4, 0.5) is 5.69 Å². The maximum atomic E-state index is 12.5. The van der Waals surface area contributed by atoms with E-state index in [1.807, 2.05) is 24.3 Å². The topological polar surface area (TPSA) is 58.6 Å². The van der Waals surface area contributed by atoms with Gasteiger partial charge in [0.05, 0.1) is 11.3 Å². The van der Waals surface area contributed by atoms with Crippen LogP contribution in [0.5, 0.6) is 5.75 Å². The van der Waals surface area contributed by atoms with Crippen molar-refractivity contribution in [2.45, 2.75) is 32.8 Å². The third-order valence-electron chi connectivity index (χ3n) is 4.05. The smallest absolute Gasteiger partial charge is 0.265 e. The third-order valence-corrected chi connectivity index (χ3v) is 4.05. The monoisotopic (exact) mass is 354 g/mol. The Labute approximate surface area is 155 Å². The number of hydrogen-bond acceptors (Lipinski definition) is 3. The predicted octanol–water partition coefficient (Wildman–Crippen LogP) is 3.92. The van der Waals surface area contributed by atoms with E-state index < -0.39 is 6.10 Å². The molecule has 2 aromatic carbocycles. The molecule has 0 heterocycles. The number of nitrogens with zero attached hydrogens (tertiary/aromatic N) is 1. The normalized spacial score (nSPS) is 11.8. The number of anilines is 1. The summed E-state index contributed by atoms with van der Waals surface area (Å²) in [5.41, 5.74) is 2.13. The Kier molecular flexibility index (Phi) is 6.39. The number of nitrogens with one attached hydrogen (secondary N) is 1. The maximum absolute atomic E-state index is 12.5. The van der Waals surface area contributed by atoms with Crippen LogP contribution in [-0.2, 0) is 4.79 Å². The van der Waals surface area contributed by atoms with Crippen LogP contribution in [0.2, 0.25) is 0 Å². The highest BCUT2D eigenvalue weighted by Gasteiger charge is 2.19. The van der Waals surface area contributed by atoms with Gasteiger partial charge in [-0.2, -0.15) is 0 Å². The zero-order valence-corrected chi connectivity index (χ0v) is 15.9. The van der Waals surface area contributed by atoms with Crippen molar-refractivity contribution in [1.29, 1.82) is 0 Å². The van der Waals surface area contributed by atoms with E-state index in [4.69, 9.17) is 4.74 Å². The summed E-state index contributed by atoms with van der Waals surface area (Å²) in [6, 6.07) is 14.7. The summed E-state index contributed by atoms with van der Waals surface area (Å²) >= 11 is 0. The standard InChI is InChI=1S/C21H26N2O3/c1-14(2)16-10-12-17(13-11-16)26-15(3)20(24)22-19-9-7-6-8-18(19)21(25)23(4)5/h6-15H,1-5H3,(H,22,24). The minimum atomic E-state index is -0.692. The Morgan fingerprint density at radius 1 is 0.962 bits per heavy atom. The fourth-order valence-electron chi connectivity index (χ4n) is 2.44. The molecule has 0 saturated heterocycles. The number of carbonyl (C=O) groups excluding carboxylic acids is 2. The van der Waals surface area contributed by atoms with Gasteiger partial charge in [0.15, 0.2) is 6.10 Å². The molecule has 5 heteroatoms. The zero-order valence-electron chi connectivity index (χ0n) is 15.9. The summed E-state index contributed by atoms with van der Waals surface area (Å²) in [7, 11) is 3.35. The highest BCUT2D eigenvalue weighted by molar-refractivity contribution is 6.04. The average molecular weight is 354 g/mol. The summed E-state index contributed by atoms with van der Waals surface area (Å²) < 4.78 is 5.72. The molecule has 0 aromatic heterocycles. The van der Waals surface area contributed by atoms with Crippen LogP contribution < -0.4 is 10.1 Å². The fourth-order valence-corrected chi connectivity index (χ4v) is 2.44. The van der Waals surface area contributed by atoms with Gasteiger partial charge < -0.3 is 15.0 Å². The molecule has 0 aliphatic carbocycles. The summed E-state index contributed by atoms with van der Waals surface area (Å²) in [6.07, 6.45) is -0.692. The Hall–Kier alpha value is -2.82. The van der Waals surface area contributed by atoms with E-state index in [1.54, 1.807) is 45.3 Å². The average Bonchev–Trinajstić information content (AvgIpc) is 2.61. The predicted molar refractivity (Wildman–Crippen MR) is 104 cm³/mol. The van der Waals surface area contributed by atoms with Gasteiger partial charge in [-0.3, -0.25) is 9.59 Å². The van der Waals surface area contributed by atoms with Gasteiger partial charge in [-0.05, 0) is 42.7 Å². The van der Waals surface area contributed by atoms with Gasteiger partial charge in [0, 0.05) is 14.1 Å². The number of hydrogen-bond donors (Lipinski definition) is 1. The van der Waals surface area contributed by atoms with Crippen molar-refractivity contribution in [3.05, 3.63) is 59.7 Å². The van der Waals surface area contributed by atoms with Crippen LogP contribution in [0.1, 0.15) is 42.6 Å². The van der Waals surface area contributed by atoms with Gasteiger partial charge in [0.25, 0.3) is 11.8 Å². The number of benzene rings is 2. The van der Waals surface area contributed by atoms with Crippen molar-refractivity contribution in [3.8, 4) is 5.75 Å². The number of rotatable bonds is 6.